The molecule has 5 nitrogen and oxygen atoms in total. The van der Waals surface area contributed by atoms with Gasteiger partial charge in [-0.05, 0) is 17.9 Å². The molecule has 1 heterocycles. The van der Waals surface area contributed by atoms with Gasteiger partial charge < -0.3 is 10.4 Å². The first-order valence-corrected chi connectivity index (χ1v) is 7.00. The first kappa shape index (κ1) is 14.5. The van der Waals surface area contributed by atoms with Gasteiger partial charge in [0.15, 0.2) is 0 Å². The van der Waals surface area contributed by atoms with E-state index in [-0.39, 0.29) is 35.6 Å². The molecule has 1 saturated carbocycles. The molecule has 0 spiro atoms. The number of aliphatic hydroxyl groups is 1. The number of nitrogens with one attached hydrogen (secondary N) is 1. The molecule has 0 aromatic carbocycles. The van der Waals surface area contributed by atoms with Crippen molar-refractivity contribution in [2.45, 2.75) is 33.8 Å². The number of hydrogen-bond acceptors (Lipinski definition) is 4. The molecule has 1 saturated heterocycles. The molecule has 2 aliphatic rings. The standard InChI is InChI=1S/C14H24N2O3/c1-8(2)5-15-6-9(17)7-16-12(18)10-11(13(16)19)14(10,3)4/h8-11,15,17H,5-7H2,1-4H3. The molecule has 19 heavy (non-hydrogen) atoms. The Morgan fingerprint density at radius 2 is 1.74 bits per heavy atom. The van der Waals surface area contributed by atoms with E-state index in [9.17, 15) is 14.7 Å². The van der Waals surface area contributed by atoms with E-state index in [0.717, 1.165) is 6.54 Å². The van der Waals surface area contributed by atoms with Crippen LogP contribution in [0.4, 0.5) is 0 Å². The van der Waals surface area contributed by atoms with Crippen molar-refractivity contribution in [1.82, 2.24) is 10.2 Å². The van der Waals surface area contributed by atoms with Crippen LogP contribution in [0.2, 0.25) is 0 Å². The van der Waals surface area contributed by atoms with Gasteiger partial charge in [0, 0.05) is 6.54 Å². The molecule has 108 valence electrons. The highest BCUT2D eigenvalue weighted by atomic mass is 16.3. The van der Waals surface area contributed by atoms with E-state index in [0.29, 0.717) is 12.5 Å². The smallest absolute Gasteiger partial charge is 0.233 e. The summed E-state index contributed by atoms with van der Waals surface area (Å²) in [5.74, 6) is -0.0202. The molecule has 3 atom stereocenters. The lowest BCUT2D eigenvalue weighted by Gasteiger charge is -2.23. The third kappa shape index (κ3) is 2.54. The molecule has 1 aliphatic heterocycles. The van der Waals surface area contributed by atoms with Crippen LogP contribution < -0.4 is 5.32 Å². The Labute approximate surface area is 114 Å². The molecule has 2 rings (SSSR count). The topological polar surface area (TPSA) is 69.6 Å². The van der Waals surface area contributed by atoms with Gasteiger partial charge in [-0.1, -0.05) is 27.7 Å². The predicted molar refractivity (Wildman–Crippen MR) is 71.2 cm³/mol. The summed E-state index contributed by atoms with van der Waals surface area (Å²) in [5, 5.41) is 13.0. The molecule has 2 N–H and O–H groups in total. The maximum Gasteiger partial charge on any atom is 0.233 e. The molecule has 0 radical (unpaired) electrons. The molecule has 0 aromatic rings. The van der Waals surface area contributed by atoms with Crippen LogP contribution in [0, 0.1) is 23.2 Å². The second kappa shape index (κ2) is 4.87. The van der Waals surface area contributed by atoms with Gasteiger partial charge in [-0.2, -0.15) is 0 Å². The molecular weight excluding hydrogens is 244 g/mol. The molecule has 1 aliphatic carbocycles. The third-order valence-electron chi connectivity index (χ3n) is 4.22. The van der Waals surface area contributed by atoms with Gasteiger partial charge in [0.05, 0.1) is 24.5 Å². The number of aliphatic hydroxyl groups excluding tert-OH is 1. The van der Waals surface area contributed by atoms with E-state index in [2.05, 4.69) is 19.2 Å². The Kier molecular flexibility index (Phi) is 3.71. The number of amides is 2. The Bertz CT molecular complexity index is 368. The van der Waals surface area contributed by atoms with E-state index in [1.54, 1.807) is 0 Å². The quantitative estimate of drug-likeness (QED) is 0.677. The molecule has 0 aromatic heterocycles. The fourth-order valence-corrected chi connectivity index (χ4v) is 3.00. The van der Waals surface area contributed by atoms with Crippen molar-refractivity contribution in [3.05, 3.63) is 0 Å². The van der Waals surface area contributed by atoms with Crippen molar-refractivity contribution < 1.29 is 14.7 Å². The van der Waals surface area contributed by atoms with Crippen LogP contribution in [0.5, 0.6) is 0 Å². The highest BCUT2D eigenvalue weighted by Crippen LogP contribution is 2.63. The maximum absolute atomic E-state index is 12.1. The van der Waals surface area contributed by atoms with Crippen LogP contribution >= 0.6 is 0 Å². The van der Waals surface area contributed by atoms with Gasteiger partial charge in [0.25, 0.3) is 0 Å². The summed E-state index contributed by atoms with van der Waals surface area (Å²) in [5.41, 5.74) is -0.175. The largest absolute Gasteiger partial charge is 0.390 e. The number of β-amino-alcohol motifs (C(OH)–C–C–N with tert-alkyl or cyclic N) is 1. The van der Waals surface area contributed by atoms with Gasteiger partial charge in [0.2, 0.25) is 11.8 Å². The predicted octanol–water partition coefficient (Wildman–Crippen LogP) is 0.234. The van der Waals surface area contributed by atoms with Crippen LogP contribution in [-0.2, 0) is 9.59 Å². The van der Waals surface area contributed by atoms with Crippen molar-refractivity contribution in [2.75, 3.05) is 19.6 Å². The number of rotatable bonds is 6. The Balaban J connectivity index is 1.82. The number of carbonyl (C=O) groups is 2. The van der Waals surface area contributed by atoms with Crippen molar-refractivity contribution in [3.8, 4) is 0 Å². The number of fused-ring (bicyclic) bond motifs is 1. The van der Waals surface area contributed by atoms with Crippen molar-refractivity contribution >= 4 is 11.8 Å². The number of likely N-dealkylation sites (tertiary alicyclic amines) is 1. The number of hydrogen-bond donors (Lipinski definition) is 2. The summed E-state index contributed by atoms with van der Waals surface area (Å²) in [6.45, 7) is 9.42. The Morgan fingerprint density at radius 3 is 2.21 bits per heavy atom. The molecule has 5 heteroatoms. The minimum atomic E-state index is -0.688. The minimum Gasteiger partial charge on any atom is -0.390 e. The number of nitrogens with zero attached hydrogens (tertiary/aromatic N) is 1. The second-order valence-corrected chi connectivity index (χ2v) is 6.77. The maximum atomic E-state index is 12.1. The minimum absolute atomic E-state index is 0.108. The number of imide groups is 1. The lowest BCUT2D eigenvalue weighted by Crippen LogP contribution is -2.44. The average molecular weight is 268 g/mol. The SMILES string of the molecule is CC(C)CNCC(O)CN1C(=O)C2C(C1=O)C2(C)C. The second-order valence-electron chi connectivity index (χ2n) is 6.77. The fraction of sp³-hybridized carbons (Fsp3) is 0.857. The summed E-state index contributed by atoms with van der Waals surface area (Å²) < 4.78 is 0. The van der Waals surface area contributed by atoms with Gasteiger partial charge in [-0.15, -0.1) is 0 Å². The van der Waals surface area contributed by atoms with Crippen LogP contribution in [0.25, 0.3) is 0 Å². The van der Waals surface area contributed by atoms with E-state index in [1.807, 2.05) is 13.8 Å². The first-order chi connectivity index (χ1) is 8.76. The summed E-state index contributed by atoms with van der Waals surface area (Å²) in [7, 11) is 0. The zero-order chi connectivity index (χ0) is 14.4. The third-order valence-corrected chi connectivity index (χ3v) is 4.22. The lowest BCUT2D eigenvalue weighted by molar-refractivity contribution is -0.144. The number of carbonyl (C=O) groups excluding carboxylic acids is 2. The normalized spacial score (nSPS) is 29.9. The molecule has 2 amide bonds. The van der Waals surface area contributed by atoms with Crippen LogP contribution in [0.15, 0.2) is 0 Å². The first-order valence-electron chi connectivity index (χ1n) is 7.00. The van der Waals surface area contributed by atoms with Crippen LogP contribution in [-0.4, -0.2) is 47.6 Å². The van der Waals surface area contributed by atoms with E-state index in [1.165, 1.54) is 4.90 Å². The molecule has 0 bridgehead atoms. The van der Waals surface area contributed by atoms with Crippen molar-refractivity contribution in [1.29, 1.82) is 0 Å². The fourth-order valence-electron chi connectivity index (χ4n) is 3.00. The highest BCUT2D eigenvalue weighted by Gasteiger charge is 2.72. The van der Waals surface area contributed by atoms with Crippen LogP contribution in [0.3, 0.4) is 0 Å². The Hall–Kier alpha value is -0.940. The van der Waals surface area contributed by atoms with Gasteiger partial charge in [-0.25, -0.2) is 0 Å². The highest BCUT2D eigenvalue weighted by molar-refractivity contribution is 6.10. The summed E-state index contributed by atoms with van der Waals surface area (Å²) in [4.78, 5) is 25.4. The molecular formula is C14H24N2O3. The van der Waals surface area contributed by atoms with Crippen LogP contribution in [0.1, 0.15) is 27.7 Å². The van der Waals surface area contributed by atoms with E-state index >= 15 is 0 Å². The summed E-state index contributed by atoms with van der Waals surface area (Å²) >= 11 is 0. The zero-order valence-electron chi connectivity index (χ0n) is 12.1. The van der Waals surface area contributed by atoms with E-state index in [4.69, 9.17) is 0 Å². The lowest BCUT2D eigenvalue weighted by atomic mass is 10.1. The zero-order valence-corrected chi connectivity index (χ0v) is 12.1. The molecule has 3 unspecified atom stereocenters. The van der Waals surface area contributed by atoms with E-state index < -0.39 is 6.10 Å². The summed E-state index contributed by atoms with van der Waals surface area (Å²) in [6.07, 6.45) is -0.688. The van der Waals surface area contributed by atoms with Crippen molar-refractivity contribution in [2.24, 2.45) is 23.2 Å². The van der Waals surface area contributed by atoms with Gasteiger partial charge in [-0.3, -0.25) is 14.5 Å². The monoisotopic (exact) mass is 268 g/mol. The van der Waals surface area contributed by atoms with Crippen molar-refractivity contribution in [3.63, 3.8) is 0 Å². The number of piperidine rings is 1. The summed E-state index contributed by atoms with van der Waals surface area (Å²) in [6, 6.07) is 0. The Morgan fingerprint density at radius 1 is 1.21 bits per heavy atom. The average Bonchev–Trinajstić information content (AvgIpc) is 2.76. The van der Waals surface area contributed by atoms with Gasteiger partial charge in [0.1, 0.15) is 0 Å². The van der Waals surface area contributed by atoms with Gasteiger partial charge >= 0.3 is 0 Å². The molecule has 2 fully saturated rings.